The Morgan fingerprint density at radius 2 is 0.810 bits per heavy atom. The standard InChI is InChI=1S/C26H47N5O11/c1-22(2,27)17(32)37-11-12-13(39-18(33)23(3,4)28)14(40-19(34)24(5,6)29)15(41-20(35)25(7,8)30)16(38-12)42-21(36)26(9,10)31/h12-16H,11,27-31H2,1-10H3/t12-,13+,14+,15-,16-/m1/s1. The molecule has 10 N–H and O–H groups in total. The van der Waals surface area contributed by atoms with Crippen LogP contribution in [0.5, 0.6) is 0 Å². The van der Waals surface area contributed by atoms with Crippen LogP contribution < -0.4 is 28.7 Å². The van der Waals surface area contributed by atoms with Gasteiger partial charge in [0.1, 0.15) is 40.4 Å². The third-order valence-corrected chi connectivity index (χ3v) is 5.55. The lowest BCUT2D eigenvalue weighted by molar-refractivity contribution is -0.304. The topological polar surface area (TPSA) is 271 Å². The first-order valence-corrected chi connectivity index (χ1v) is 13.2. The van der Waals surface area contributed by atoms with Crippen LogP contribution in [0.4, 0.5) is 0 Å². The largest absolute Gasteiger partial charge is 0.461 e. The minimum atomic E-state index is -1.83. The molecule has 5 atom stereocenters. The molecule has 242 valence electrons. The summed E-state index contributed by atoms with van der Waals surface area (Å²) in [5.41, 5.74) is 21.7. The van der Waals surface area contributed by atoms with Crippen molar-refractivity contribution in [3.63, 3.8) is 0 Å². The zero-order valence-electron chi connectivity index (χ0n) is 26.0. The molecule has 16 heteroatoms. The van der Waals surface area contributed by atoms with Gasteiger partial charge in [-0.3, -0.25) is 19.2 Å². The van der Waals surface area contributed by atoms with Crippen LogP contribution in [0.2, 0.25) is 0 Å². The Kier molecular flexibility index (Phi) is 11.3. The molecule has 1 aliphatic heterocycles. The van der Waals surface area contributed by atoms with Gasteiger partial charge in [-0.15, -0.1) is 0 Å². The molecule has 42 heavy (non-hydrogen) atoms. The molecule has 0 spiro atoms. The first kappa shape index (κ1) is 37.1. The molecular weight excluding hydrogens is 558 g/mol. The molecule has 0 aromatic heterocycles. The second-order valence-electron chi connectivity index (χ2n) is 13.3. The van der Waals surface area contributed by atoms with Gasteiger partial charge in [0.15, 0.2) is 12.2 Å². The minimum Gasteiger partial charge on any atom is -0.461 e. The van der Waals surface area contributed by atoms with Crippen molar-refractivity contribution in [3.8, 4) is 0 Å². The third kappa shape index (κ3) is 10.4. The molecule has 0 unspecified atom stereocenters. The van der Waals surface area contributed by atoms with E-state index in [2.05, 4.69) is 0 Å². The van der Waals surface area contributed by atoms with Crippen molar-refractivity contribution in [2.24, 2.45) is 28.7 Å². The highest BCUT2D eigenvalue weighted by atomic mass is 16.7. The van der Waals surface area contributed by atoms with Crippen molar-refractivity contribution in [2.75, 3.05) is 6.61 Å². The molecule has 0 bridgehead atoms. The highest BCUT2D eigenvalue weighted by Crippen LogP contribution is 2.32. The summed E-state index contributed by atoms with van der Waals surface area (Å²) in [7, 11) is 0. The van der Waals surface area contributed by atoms with Gasteiger partial charge in [0.05, 0.1) is 0 Å². The zero-order valence-corrected chi connectivity index (χ0v) is 26.0. The van der Waals surface area contributed by atoms with Gasteiger partial charge in [0, 0.05) is 0 Å². The Balaban J connectivity index is 3.82. The summed E-state index contributed by atoms with van der Waals surface area (Å²) in [6, 6.07) is 0. The monoisotopic (exact) mass is 605 g/mol. The van der Waals surface area contributed by atoms with Crippen LogP contribution in [0.15, 0.2) is 0 Å². The van der Waals surface area contributed by atoms with Crippen LogP contribution >= 0.6 is 0 Å². The van der Waals surface area contributed by atoms with Gasteiger partial charge in [0.25, 0.3) is 0 Å². The van der Waals surface area contributed by atoms with E-state index in [4.69, 9.17) is 57.1 Å². The Hall–Kier alpha value is -2.89. The second kappa shape index (κ2) is 12.8. The molecular formula is C26H47N5O11. The normalized spacial score (nSPS) is 23.8. The number of rotatable bonds is 11. The van der Waals surface area contributed by atoms with E-state index in [9.17, 15) is 24.0 Å². The van der Waals surface area contributed by atoms with E-state index in [1.54, 1.807) is 0 Å². The van der Waals surface area contributed by atoms with Crippen LogP contribution in [0.1, 0.15) is 69.2 Å². The van der Waals surface area contributed by atoms with Crippen LogP contribution in [0.3, 0.4) is 0 Å². The Bertz CT molecular complexity index is 1030. The molecule has 0 radical (unpaired) electrons. The van der Waals surface area contributed by atoms with E-state index >= 15 is 0 Å². The van der Waals surface area contributed by atoms with Crippen LogP contribution in [-0.4, -0.2) is 94.9 Å². The second-order valence-corrected chi connectivity index (χ2v) is 13.3. The van der Waals surface area contributed by atoms with Crippen molar-refractivity contribution >= 4 is 29.8 Å². The Labute approximate surface area is 245 Å². The average molecular weight is 606 g/mol. The van der Waals surface area contributed by atoms with Crippen LogP contribution in [0.25, 0.3) is 0 Å². The van der Waals surface area contributed by atoms with Crippen LogP contribution in [0, 0.1) is 0 Å². The number of carbonyl (C=O) groups excluding carboxylic acids is 5. The number of esters is 5. The highest BCUT2D eigenvalue weighted by Gasteiger charge is 2.56. The van der Waals surface area contributed by atoms with E-state index in [0.717, 1.165) is 0 Å². The lowest BCUT2D eigenvalue weighted by atomic mass is 9.96. The summed E-state index contributed by atoms with van der Waals surface area (Å²) >= 11 is 0. The molecule has 1 heterocycles. The number of ether oxygens (including phenoxy) is 6. The third-order valence-electron chi connectivity index (χ3n) is 5.55. The first-order valence-electron chi connectivity index (χ1n) is 13.2. The summed E-state index contributed by atoms with van der Waals surface area (Å²) in [6.07, 6.45) is -8.50. The Morgan fingerprint density at radius 1 is 0.500 bits per heavy atom. The van der Waals surface area contributed by atoms with Gasteiger partial charge in [-0.25, -0.2) is 4.79 Å². The SMILES string of the molecule is CC(C)(N)C(=O)OC[C@H]1O[C@H](OC(=O)C(C)(C)N)[C@H](OC(=O)C(C)(C)N)[C@@H](OC(=O)C(C)(C)N)[C@H]1OC(=O)C(C)(C)N. The van der Waals surface area contributed by atoms with Crippen molar-refractivity contribution in [1.29, 1.82) is 0 Å². The average Bonchev–Trinajstić information content (AvgIpc) is 2.77. The molecule has 0 aromatic carbocycles. The van der Waals surface area contributed by atoms with Gasteiger partial charge < -0.3 is 57.1 Å². The van der Waals surface area contributed by atoms with E-state index in [1.165, 1.54) is 69.2 Å². The first-order chi connectivity index (χ1) is 18.6. The molecule has 0 aromatic rings. The predicted molar refractivity (Wildman–Crippen MR) is 147 cm³/mol. The quantitative estimate of drug-likeness (QED) is 0.129. The molecule has 16 nitrogen and oxygen atoms in total. The van der Waals surface area contributed by atoms with E-state index in [0.29, 0.717) is 0 Å². The van der Waals surface area contributed by atoms with Gasteiger partial charge in [-0.05, 0) is 69.2 Å². The summed E-state index contributed by atoms with van der Waals surface area (Å²) in [5, 5.41) is 0. The van der Waals surface area contributed by atoms with Gasteiger partial charge in [0.2, 0.25) is 12.4 Å². The van der Waals surface area contributed by atoms with E-state index in [1.807, 2.05) is 0 Å². The van der Waals surface area contributed by atoms with Gasteiger partial charge in [-0.1, -0.05) is 0 Å². The lowest BCUT2D eigenvalue weighted by Crippen LogP contribution is -2.66. The maximum Gasteiger partial charge on any atom is 0.327 e. The smallest absolute Gasteiger partial charge is 0.327 e. The highest BCUT2D eigenvalue weighted by molar-refractivity contribution is 5.82. The molecule has 1 saturated heterocycles. The summed E-state index contributed by atoms with van der Waals surface area (Å²) in [5.74, 6) is -4.94. The summed E-state index contributed by atoms with van der Waals surface area (Å²) in [4.78, 5) is 64.2. The molecule has 1 aliphatic rings. The fourth-order valence-corrected chi connectivity index (χ4v) is 2.94. The zero-order chi connectivity index (χ0) is 33.2. The van der Waals surface area contributed by atoms with Crippen LogP contribution in [-0.2, 0) is 52.4 Å². The summed E-state index contributed by atoms with van der Waals surface area (Å²) in [6.45, 7) is 12.8. The molecule has 0 amide bonds. The van der Waals surface area contributed by atoms with E-state index < -0.39 is 94.9 Å². The fraction of sp³-hybridized carbons (Fsp3) is 0.808. The predicted octanol–water partition coefficient (Wildman–Crippen LogP) is -1.78. The van der Waals surface area contributed by atoms with Crippen molar-refractivity contribution in [3.05, 3.63) is 0 Å². The van der Waals surface area contributed by atoms with Gasteiger partial charge >= 0.3 is 29.8 Å². The van der Waals surface area contributed by atoms with Gasteiger partial charge in [-0.2, -0.15) is 0 Å². The lowest BCUT2D eigenvalue weighted by Gasteiger charge is -2.45. The number of hydrogen-bond acceptors (Lipinski definition) is 16. The minimum absolute atomic E-state index is 0.647. The van der Waals surface area contributed by atoms with E-state index in [-0.39, 0.29) is 0 Å². The molecule has 0 saturated carbocycles. The van der Waals surface area contributed by atoms with Crippen molar-refractivity contribution < 1.29 is 52.4 Å². The Morgan fingerprint density at radius 3 is 1.17 bits per heavy atom. The number of carbonyl (C=O) groups is 5. The summed E-state index contributed by atoms with van der Waals surface area (Å²) < 4.78 is 33.4. The molecule has 1 fully saturated rings. The fourth-order valence-electron chi connectivity index (χ4n) is 2.94. The van der Waals surface area contributed by atoms with Crippen molar-refractivity contribution in [2.45, 2.75) is 128 Å². The molecule has 0 aliphatic carbocycles. The molecule has 1 rings (SSSR count). The van der Waals surface area contributed by atoms with Crippen molar-refractivity contribution in [1.82, 2.24) is 0 Å². The number of nitrogens with two attached hydrogens (primary N) is 5. The maximum atomic E-state index is 13.0. The maximum absolute atomic E-state index is 13.0. The number of hydrogen-bond donors (Lipinski definition) is 5.